The summed E-state index contributed by atoms with van der Waals surface area (Å²) in [5, 5.41) is 22.3. The number of hydrogen-bond donors (Lipinski definition) is 3. The van der Waals surface area contributed by atoms with E-state index in [-0.39, 0.29) is 31.1 Å². The molecular formula is C17H19NO6. The van der Waals surface area contributed by atoms with Crippen LogP contribution in [0.5, 0.6) is 0 Å². The number of ether oxygens (including phenoxy) is 1. The maximum absolute atomic E-state index is 11.5. The minimum atomic E-state index is -1.28. The lowest BCUT2D eigenvalue weighted by Gasteiger charge is -2.16. The number of carbonyl (C=O) groups excluding carboxylic acids is 2. The molecule has 1 aromatic heterocycles. The summed E-state index contributed by atoms with van der Waals surface area (Å²) in [4.78, 5) is 22.1. The van der Waals surface area contributed by atoms with Crippen LogP contribution in [0.1, 0.15) is 34.4 Å². The monoisotopic (exact) mass is 333 g/mol. The number of nitrogens with one attached hydrogen (secondary N) is 1. The Kier molecular flexibility index (Phi) is 6.53. The first-order chi connectivity index (χ1) is 11.6. The summed E-state index contributed by atoms with van der Waals surface area (Å²) in [7, 11) is 0. The number of aliphatic hydroxyl groups excluding tert-OH is 2. The smallest absolute Gasteiger partial charge is 0.407 e. The number of hydrogen-bond acceptors (Lipinski definition) is 6. The molecule has 0 fully saturated rings. The number of aliphatic hydroxyl groups is 2. The average Bonchev–Trinajstić information content (AvgIpc) is 3.09. The lowest BCUT2D eigenvalue weighted by atomic mass is 10.1. The summed E-state index contributed by atoms with van der Waals surface area (Å²) in [6.45, 7) is 0.270. The van der Waals surface area contributed by atoms with Crippen LogP contribution >= 0.6 is 0 Å². The second-order valence-electron chi connectivity index (χ2n) is 5.15. The second-order valence-corrected chi connectivity index (χ2v) is 5.15. The van der Waals surface area contributed by atoms with Crippen molar-refractivity contribution in [3.05, 3.63) is 59.5 Å². The van der Waals surface area contributed by atoms with E-state index in [2.05, 4.69) is 5.32 Å². The molecule has 1 amide bonds. The van der Waals surface area contributed by atoms with Gasteiger partial charge in [0, 0.05) is 6.54 Å². The van der Waals surface area contributed by atoms with Crippen LogP contribution in [0.3, 0.4) is 0 Å². The van der Waals surface area contributed by atoms with Crippen molar-refractivity contribution in [1.82, 2.24) is 5.32 Å². The van der Waals surface area contributed by atoms with Crippen molar-refractivity contribution in [2.75, 3.05) is 6.54 Å². The Morgan fingerprint density at radius 2 is 1.96 bits per heavy atom. The van der Waals surface area contributed by atoms with Crippen molar-refractivity contribution in [3.8, 4) is 0 Å². The zero-order valence-corrected chi connectivity index (χ0v) is 12.9. The third-order valence-electron chi connectivity index (χ3n) is 3.34. The van der Waals surface area contributed by atoms with Crippen molar-refractivity contribution < 1.29 is 29.0 Å². The van der Waals surface area contributed by atoms with Gasteiger partial charge in [0.15, 0.2) is 12.0 Å². The SMILES string of the molecule is O=Cc1ccc(C(O)C(O)CCNC(=O)OCc2ccccc2)o1. The predicted molar refractivity (Wildman–Crippen MR) is 84.3 cm³/mol. The molecule has 7 heteroatoms. The van der Waals surface area contributed by atoms with E-state index >= 15 is 0 Å². The molecule has 1 aromatic carbocycles. The van der Waals surface area contributed by atoms with E-state index in [1.807, 2.05) is 30.3 Å². The Bertz CT molecular complexity index is 654. The fraction of sp³-hybridized carbons (Fsp3) is 0.294. The molecule has 1 heterocycles. The van der Waals surface area contributed by atoms with Gasteiger partial charge in [0.2, 0.25) is 0 Å². The van der Waals surface area contributed by atoms with Gasteiger partial charge >= 0.3 is 6.09 Å². The molecule has 0 spiro atoms. The standard InChI is InChI=1S/C17H19NO6/c19-10-13-6-7-15(24-13)16(21)14(20)8-9-18-17(22)23-11-12-4-2-1-3-5-12/h1-7,10,14,16,20-21H,8-9,11H2,(H,18,22). The molecule has 0 aliphatic carbocycles. The molecular weight excluding hydrogens is 314 g/mol. The molecule has 128 valence electrons. The number of furan rings is 1. The van der Waals surface area contributed by atoms with Gasteiger partial charge in [0.1, 0.15) is 18.5 Å². The normalized spacial score (nSPS) is 13.1. The van der Waals surface area contributed by atoms with Gasteiger partial charge in [0.25, 0.3) is 0 Å². The third-order valence-corrected chi connectivity index (χ3v) is 3.34. The first-order valence-corrected chi connectivity index (χ1v) is 7.45. The van der Waals surface area contributed by atoms with Crippen LogP contribution in [-0.2, 0) is 11.3 Å². The van der Waals surface area contributed by atoms with E-state index in [0.29, 0.717) is 6.29 Å². The minimum Gasteiger partial charge on any atom is -0.455 e. The van der Waals surface area contributed by atoms with E-state index in [4.69, 9.17) is 9.15 Å². The zero-order chi connectivity index (χ0) is 17.4. The Labute approximate surface area is 138 Å². The first kappa shape index (κ1) is 17.7. The van der Waals surface area contributed by atoms with Gasteiger partial charge in [-0.25, -0.2) is 4.79 Å². The molecule has 2 unspecified atom stereocenters. The van der Waals surface area contributed by atoms with E-state index in [0.717, 1.165) is 5.56 Å². The van der Waals surface area contributed by atoms with Crippen LogP contribution in [0.2, 0.25) is 0 Å². The number of benzene rings is 1. The molecule has 0 bridgehead atoms. The maximum Gasteiger partial charge on any atom is 0.407 e. The summed E-state index contributed by atoms with van der Waals surface area (Å²) in [5.41, 5.74) is 0.868. The van der Waals surface area contributed by atoms with Crippen molar-refractivity contribution in [2.45, 2.75) is 25.2 Å². The molecule has 0 saturated heterocycles. The third kappa shape index (κ3) is 5.22. The van der Waals surface area contributed by atoms with Crippen molar-refractivity contribution >= 4 is 12.4 Å². The maximum atomic E-state index is 11.5. The highest BCUT2D eigenvalue weighted by atomic mass is 16.5. The summed E-state index contributed by atoms with van der Waals surface area (Å²) < 4.78 is 10.1. The Morgan fingerprint density at radius 1 is 1.21 bits per heavy atom. The van der Waals surface area contributed by atoms with Gasteiger partial charge in [-0.2, -0.15) is 0 Å². The number of rotatable bonds is 8. The molecule has 0 aliphatic heterocycles. The number of alkyl carbamates (subject to hydrolysis) is 1. The number of aldehydes is 1. The van der Waals surface area contributed by atoms with Gasteiger partial charge in [-0.1, -0.05) is 30.3 Å². The van der Waals surface area contributed by atoms with E-state index in [1.54, 1.807) is 0 Å². The van der Waals surface area contributed by atoms with E-state index in [1.165, 1.54) is 12.1 Å². The van der Waals surface area contributed by atoms with Gasteiger partial charge < -0.3 is 24.7 Å². The van der Waals surface area contributed by atoms with Crippen molar-refractivity contribution in [2.24, 2.45) is 0 Å². The van der Waals surface area contributed by atoms with Crippen LogP contribution in [0.15, 0.2) is 46.9 Å². The lowest BCUT2D eigenvalue weighted by molar-refractivity contribution is 0.000920. The van der Waals surface area contributed by atoms with Gasteiger partial charge in [-0.15, -0.1) is 0 Å². The highest BCUT2D eigenvalue weighted by Gasteiger charge is 2.21. The lowest BCUT2D eigenvalue weighted by Crippen LogP contribution is -2.29. The quantitative estimate of drug-likeness (QED) is 0.636. The van der Waals surface area contributed by atoms with Crippen LogP contribution < -0.4 is 5.32 Å². The van der Waals surface area contributed by atoms with Gasteiger partial charge in [-0.3, -0.25) is 4.79 Å². The molecule has 24 heavy (non-hydrogen) atoms. The highest BCUT2D eigenvalue weighted by molar-refractivity contribution is 5.70. The largest absolute Gasteiger partial charge is 0.455 e. The fourth-order valence-electron chi connectivity index (χ4n) is 2.03. The minimum absolute atomic E-state index is 0.0684. The van der Waals surface area contributed by atoms with Gasteiger partial charge in [0.05, 0.1) is 6.10 Å². The molecule has 0 radical (unpaired) electrons. The molecule has 2 atom stereocenters. The highest BCUT2D eigenvalue weighted by Crippen LogP contribution is 2.20. The van der Waals surface area contributed by atoms with Crippen LogP contribution in [0.4, 0.5) is 4.79 Å². The molecule has 2 aromatic rings. The fourth-order valence-corrected chi connectivity index (χ4v) is 2.03. The Balaban J connectivity index is 1.68. The topological polar surface area (TPSA) is 109 Å². The van der Waals surface area contributed by atoms with Crippen LogP contribution in [0, 0.1) is 0 Å². The average molecular weight is 333 g/mol. The number of amides is 1. The molecule has 0 aliphatic rings. The summed E-state index contributed by atoms with van der Waals surface area (Å²) >= 11 is 0. The van der Waals surface area contributed by atoms with Crippen molar-refractivity contribution in [1.29, 1.82) is 0 Å². The first-order valence-electron chi connectivity index (χ1n) is 7.45. The summed E-state index contributed by atoms with van der Waals surface area (Å²) in [6.07, 6.45) is -2.43. The molecule has 0 saturated carbocycles. The number of carbonyl (C=O) groups is 2. The molecule has 2 rings (SSSR count). The van der Waals surface area contributed by atoms with Gasteiger partial charge in [-0.05, 0) is 24.1 Å². The van der Waals surface area contributed by atoms with Crippen LogP contribution in [-0.4, -0.2) is 35.2 Å². The Morgan fingerprint density at radius 3 is 2.62 bits per heavy atom. The van der Waals surface area contributed by atoms with E-state index < -0.39 is 18.3 Å². The molecule has 3 N–H and O–H groups in total. The summed E-state index contributed by atoms with van der Waals surface area (Å²) in [5.74, 6) is 0.162. The zero-order valence-electron chi connectivity index (χ0n) is 12.9. The predicted octanol–water partition coefficient (Wildman–Crippen LogP) is 1.80. The Hall–Kier alpha value is -2.64. The van der Waals surface area contributed by atoms with E-state index in [9.17, 15) is 19.8 Å². The second kappa shape index (κ2) is 8.85. The molecule has 7 nitrogen and oxygen atoms in total. The summed E-state index contributed by atoms with van der Waals surface area (Å²) in [6, 6.07) is 12.1. The van der Waals surface area contributed by atoms with Crippen LogP contribution in [0.25, 0.3) is 0 Å². The van der Waals surface area contributed by atoms with Crippen molar-refractivity contribution in [3.63, 3.8) is 0 Å².